The lowest BCUT2D eigenvalue weighted by molar-refractivity contribution is -0.153. The SMILES string of the molecule is CN1[C@@H]2CC[C@H]1CC(OC(=O)CCCSSCCCC(=O)OC1C[C@H]3CC[C@@H](C1)N3C)C2. The molecule has 6 nitrogen and oxygen atoms in total. The molecule has 4 fully saturated rings. The van der Waals surface area contributed by atoms with Crippen molar-refractivity contribution in [1.29, 1.82) is 0 Å². The number of esters is 2. The number of ether oxygens (including phenoxy) is 2. The fraction of sp³-hybridized carbons (Fsp3) is 0.917. The first-order valence-electron chi connectivity index (χ1n) is 12.6. The van der Waals surface area contributed by atoms with Crippen LogP contribution in [0.4, 0.5) is 0 Å². The summed E-state index contributed by atoms with van der Waals surface area (Å²) in [6, 6.07) is 2.43. The zero-order valence-corrected chi connectivity index (χ0v) is 21.3. The van der Waals surface area contributed by atoms with Crippen LogP contribution in [-0.4, -0.2) is 83.7 Å². The molecule has 0 aromatic carbocycles. The van der Waals surface area contributed by atoms with Crippen LogP contribution in [0.3, 0.4) is 0 Å². The maximum atomic E-state index is 12.2. The van der Waals surface area contributed by atoms with Gasteiger partial charge in [-0.1, -0.05) is 21.6 Å². The molecule has 4 bridgehead atoms. The summed E-state index contributed by atoms with van der Waals surface area (Å²) in [6.07, 6.45) is 12.0. The van der Waals surface area contributed by atoms with E-state index in [0.29, 0.717) is 37.0 Å². The number of fused-ring (bicyclic) bond motifs is 4. The summed E-state index contributed by atoms with van der Waals surface area (Å²) in [7, 11) is 8.00. The zero-order chi connectivity index (χ0) is 22.5. The molecule has 182 valence electrons. The molecule has 4 aliphatic heterocycles. The molecule has 6 atom stereocenters. The Morgan fingerprint density at radius 2 is 1.03 bits per heavy atom. The summed E-state index contributed by atoms with van der Waals surface area (Å²) in [5.41, 5.74) is 0. The Kier molecular flexibility index (Phi) is 9.10. The van der Waals surface area contributed by atoms with Gasteiger partial charge in [-0.15, -0.1) is 0 Å². The third-order valence-corrected chi connectivity index (χ3v) is 10.6. The lowest BCUT2D eigenvalue weighted by atomic mass is 10.0. The average molecular weight is 485 g/mol. The van der Waals surface area contributed by atoms with Gasteiger partial charge in [0.25, 0.3) is 0 Å². The van der Waals surface area contributed by atoms with Crippen molar-refractivity contribution in [1.82, 2.24) is 9.80 Å². The quantitative estimate of drug-likeness (QED) is 0.245. The summed E-state index contributed by atoms with van der Waals surface area (Å²) < 4.78 is 11.5. The van der Waals surface area contributed by atoms with Gasteiger partial charge in [0.15, 0.2) is 0 Å². The van der Waals surface area contributed by atoms with Crippen molar-refractivity contribution in [3.05, 3.63) is 0 Å². The molecule has 0 saturated carbocycles. The highest BCUT2D eigenvalue weighted by Crippen LogP contribution is 2.36. The minimum atomic E-state index is -0.0327. The molecule has 2 unspecified atom stereocenters. The van der Waals surface area contributed by atoms with Crippen molar-refractivity contribution < 1.29 is 19.1 Å². The Morgan fingerprint density at radius 1 is 0.688 bits per heavy atom. The lowest BCUT2D eigenvalue weighted by Gasteiger charge is -2.35. The Labute approximate surface area is 201 Å². The maximum Gasteiger partial charge on any atom is 0.306 e. The molecule has 0 amide bonds. The first-order chi connectivity index (χ1) is 15.5. The number of hydrogen-bond donors (Lipinski definition) is 0. The van der Waals surface area contributed by atoms with E-state index >= 15 is 0 Å². The minimum Gasteiger partial charge on any atom is -0.462 e. The molecular weight excluding hydrogens is 444 g/mol. The second kappa shape index (κ2) is 11.8. The van der Waals surface area contributed by atoms with Crippen molar-refractivity contribution in [2.24, 2.45) is 0 Å². The Balaban J connectivity index is 0.969. The number of piperidine rings is 2. The third-order valence-electron chi connectivity index (χ3n) is 8.01. The second-order valence-electron chi connectivity index (χ2n) is 10.1. The van der Waals surface area contributed by atoms with E-state index in [1.807, 2.05) is 0 Å². The topological polar surface area (TPSA) is 59.1 Å². The predicted molar refractivity (Wildman–Crippen MR) is 131 cm³/mol. The van der Waals surface area contributed by atoms with Gasteiger partial charge in [-0.05, 0) is 78.3 Å². The highest BCUT2D eigenvalue weighted by atomic mass is 33.1. The van der Waals surface area contributed by atoms with E-state index in [2.05, 4.69) is 23.9 Å². The molecule has 0 aliphatic carbocycles. The van der Waals surface area contributed by atoms with Gasteiger partial charge < -0.3 is 19.3 Å². The fourth-order valence-electron chi connectivity index (χ4n) is 6.07. The van der Waals surface area contributed by atoms with Gasteiger partial charge in [0.2, 0.25) is 0 Å². The largest absolute Gasteiger partial charge is 0.462 e. The molecular formula is C24H40N2O4S2. The van der Waals surface area contributed by atoms with Gasteiger partial charge in [0, 0.05) is 48.5 Å². The van der Waals surface area contributed by atoms with Crippen LogP contribution >= 0.6 is 21.6 Å². The van der Waals surface area contributed by atoms with Gasteiger partial charge >= 0.3 is 11.9 Å². The molecule has 4 heterocycles. The predicted octanol–water partition coefficient (Wildman–Crippen LogP) is 4.27. The molecule has 0 aromatic rings. The van der Waals surface area contributed by atoms with Crippen molar-refractivity contribution >= 4 is 33.5 Å². The molecule has 4 saturated heterocycles. The molecule has 4 rings (SSSR count). The van der Waals surface area contributed by atoms with Crippen molar-refractivity contribution in [3.63, 3.8) is 0 Å². The normalized spacial score (nSPS) is 34.6. The summed E-state index contributed by atoms with van der Waals surface area (Å²) in [5, 5.41) is 0. The van der Waals surface area contributed by atoms with Gasteiger partial charge in [0.1, 0.15) is 12.2 Å². The van der Waals surface area contributed by atoms with Crippen molar-refractivity contribution in [2.45, 2.75) is 113 Å². The van der Waals surface area contributed by atoms with Crippen LogP contribution in [0, 0.1) is 0 Å². The number of carbonyl (C=O) groups is 2. The monoisotopic (exact) mass is 484 g/mol. The van der Waals surface area contributed by atoms with Crippen LogP contribution in [0.15, 0.2) is 0 Å². The van der Waals surface area contributed by atoms with Crippen LogP contribution in [0.2, 0.25) is 0 Å². The van der Waals surface area contributed by atoms with Crippen LogP contribution in [0.25, 0.3) is 0 Å². The highest BCUT2D eigenvalue weighted by Gasteiger charge is 2.40. The molecule has 32 heavy (non-hydrogen) atoms. The van der Waals surface area contributed by atoms with E-state index in [-0.39, 0.29) is 24.1 Å². The van der Waals surface area contributed by atoms with Gasteiger partial charge in [-0.2, -0.15) is 0 Å². The van der Waals surface area contributed by atoms with E-state index in [1.54, 1.807) is 21.6 Å². The van der Waals surface area contributed by atoms with Gasteiger partial charge in [0.05, 0.1) is 0 Å². The smallest absolute Gasteiger partial charge is 0.306 e. The Bertz CT molecular complexity index is 569. The van der Waals surface area contributed by atoms with Gasteiger partial charge in [-0.25, -0.2) is 0 Å². The molecule has 4 aliphatic rings. The van der Waals surface area contributed by atoms with Crippen LogP contribution in [-0.2, 0) is 19.1 Å². The van der Waals surface area contributed by atoms with E-state index in [9.17, 15) is 9.59 Å². The maximum absolute atomic E-state index is 12.2. The summed E-state index contributed by atoms with van der Waals surface area (Å²) in [4.78, 5) is 29.3. The number of hydrogen-bond acceptors (Lipinski definition) is 8. The Hall–Kier alpha value is -0.440. The standard InChI is InChI=1S/C24H40N2O4S2/c1-25-17-7-8-18(25)14-21(13-17)29-23(27)5-3-11-31-32-12-4-6-24(28)30-22-15-19-9-10-20(16-22)26(19)2/h17-22H,3-16H2,1-2H3/t17-,18+,19-,20+,21?,22?. The fourth-order valence-corrected chi connectivity index (χ4v) is 8.25. The van der Waals surface area contributed by atoms with Crippen molar-refractivity contribution in [2.75, 3.05) is 25.6 Å². The summed E-state index contributed by atoms with van der Waals surface area (Å²) in [6.45, 7) is 0. The second-order valence-corrected chi connectivity index (χ2v) is 12.8. The highest BCUT2D eigenvalue weighted by molar-refractivity contribution is 8.76. The van der Waals surface area contributed by atoms with E-state index in [0.717, 1.165) is 50.0 Å². The molecule has 0 N–H and O–H groups in total. The van der Waals surface area contributed by atoms with E-state index < -0.39 is 0 Å². The van der Waals surface area contributed by atoms with E-state index in [1.165, 1.54) is 25.7 Å². The van der Waals surface area contributed by atoms with E-state index in [4.69, 9.17) is 9.47 Å². The number of rotatable bonds is 11. The number of nitrogens with zero attached hydrogens (tertiary/aromatic N) is 2. The van der Waals surface area contributed by atoms with Crippen LogP contribution in [0.1, 0.15) is 77.0 Å². The molecule has 0 radical (unpaired) electrons. The third kappa shape index (κ3) is 6.57. The molecule has 8 heteroatoms. The number of carbonyl (C=O) groups excluding carboxylic acids is 2. The Morgan fingerprint density at radius 3 is 1.38 bits per heavy atom. The van der Waals surface area contributed by atoms with Gasteiger partial charge in [-0.3, -0.25) is 9.59 Å². The summed E-state index contributed by atoms with van der Waals surface area (Å²) >= 11 is 0. The first kappa shape index (κ1) is 24.7. The first-order valence-corrected chi connectivity index (χ1v) is 15.1. The summed E-state index contributed by atoms with van der Waals surface area (Å²) in [5.74, 6) is 1.83. The zero-order valence-electron chi connectivity index (χ0n) is 19.7. The van der Waals surface area contributed by atoms with Crippen LogP contribution in [0.5, 0.6) is 0 Å². The van der Waals surface area contributed by atoms with Crippen molar-refractivity contribution in [3.8, 4) is 0 Å². The minimum absolute atomic E-state index is 0.0327. The van der Waals surface area contributed by atoms with Crippen LogP contribution < -0.4 is 0 Å². The lowest BCUT2D eigenvalue weighted by Crippen LogP contribution is -2.43. The molecule has 0 spiro atoms. The molecule has 0 aromatic heterocycles. The average Bonchev–Trinajstić information content (AvgIpc) is 3.09.